The van der Waals surface area contributed by atoms with Gasteiger partial charge in [-0.1, -0.05) is 87.8 Å². The molecule has 0 radical (unpaired) electrons. The number of nitrogens with two attached hydrogens (primary N) is 1. The zero-order chi connectivity index (χ0) is 46.3. The molecule has 0 spiro atoms. The number of carboxylic acid groups (broad SMARTS) is 1. The van der Waals surface area contributed by atoms with Crippen LogP contribution in [0.3, 0.4) is 0 Å². The molecule has 1 aromatic heterocycles. The van der Waals surface area contributed by atoms with E-state index in [1.807, 2.05) is 55.7 Å². The normalized spacial score (nSPS) is 14.0. The summed E-state index contributed by atoms with van der Waals surface area (Å²) in [4.78, 5) is 77.7. The van der Waals surface area contributed by atoms with Crippen molar-refractivity contribution in [2.45, 2.75) is 104 Å². The molecule has 62 heavy (non-hydrogen) atoms. The third-order valence-corrected chi connectivity index (χ3v) is 11.0. The molecule has 0 aliphatic rings. The predicted octanol–water partition coefficient (Wildman–Crippen LogP) is 5.09. The molecule has 0 aliphatic heterocycles. The van der Waals surface area contributed by atoms with Gasteiger partial charge >= 0.3 is 5.97 Å². The van der Waals surface area contributed by atoms with Crippen LogP contribution < -0.4 is 21.7 Å². The minimum absolute atomic E-state index is 0.00350. The number of hydrogen-bond donors (Lipinski definition) is 6. The number of nitrogens with zero attached hydrogens (tertiary/aromatic N) is 2. The summed E-state index contributed by atoms with van der Waals surface area (Å²) in [7, 11) is 0. The number of Topliss-reactive ketones (excluding diaryl/α,β-unsaturated/α-hetero) is 1. The number of carbonyl (C=O) groups is 6. The van der Waals surface area contributed by atoms with Gasteiger partial charge in [0.25, 0.3) is 0 Å². The largest absolute Gasteiger partial charge is 0.480 e. The molecule has 7 N–H and O–H groups in total. The minimum Gasteiger partial charge on any atom is -0.480 e. The van der Waals surface area contributed by atoms with Gasteiger partial charge in [0.2, 0.25) is 23.6 Å². The molecule has 3 aromatic rings. The third-order valence-electron chi connectivity index (χ3n) is 10.5. The van der Waals surface area contributed by atoms with Crippen LogP contribution in [-0.2, 0) is 35.3 Å². The summed E-state index contributed by atoms with van der Waals surface area (Å²) < 4.78 is 31.3. The fourth-order valence-corrected chi connectivity index (χ4v) is 7.41. The van der Waals surface area contributed by atoms with Gasteiger partial charge < -0.3 is 41.4 Å². The lowest BCUT2D eigenvalue weighted by Crippen LogP contribution is -2.47. The van der Waals surface area contributed by atoms with Crippen molar-refractivity contribution >= 4 is 51.3 Å². The number of rotatable bonds is 24. The van der Waals surface area contributed by atoms with Crippen molar-refractivity contribution in [1.82, 2.24) is 25.4 Å². The quantitative estimate of drug-likeness (QED) is 0.0521. The van der Waals surface area contributed by atoms with Crippen molar-refractivity contribution in [3.05, 3.63) is 83.7 Å². The number of aliphatic hydroxyl groups is 1. The van der Waals surface area contributed by atoms with E-state index in [0.717, 1.165) is 23.8 Å². The summed E-state index contributed by atoms with van der Waals surface area (Å²) in [6.45, 7) is 10.4. The van der Waals surface area contributed by atoms with E-state index < -0.39 is 77.4 Å². The summed E-state index contributed by atoms with van der Waals surface area (Å²) >= 11 is 3.05. The Morgan fingerprint density at radius 2 is 1.60 bits per heavy atom. The van der Waals surface area contributed by atoms with Gasteiger partial charge in [0, 0.05) is 55.0 Å². The molecule has 0 saturated heterocycles. The first kappa shape index (κ1) is 51.4. The average molecular weight is 932 g/mol. The highest BCUT2D eigenvalue weighted by Crippen LogP contribution is 2.41. The summed E-state index contributed by atoms with van der Waals surface area (Å²) in [5.41, 5.74) is 7.58. The Bertz CT molecular complexity index is 2010. The number of benzene rings is 2. The molecule has 1 heterocycles. The number of ketones is 1. The lowest BCUT2D eigenvalue weighted by Gasteiger charge is -2.41. The highest BCUT2D eigenvalue weighted by Gasteiger charge is 2.38. The average Bonchev–Trinajstić information content (AvgIpc) is 3.62. The van der Waals surface area contributed by atoms with Gasteiger partial charge in [0.15, 0.2) is 5.78 Å². The number of unbranched alkanes of at least 4 members (excludes halogenated alkanes) is 1. The van der Waals surface area contributed by atoms with Crippen molar-refractivity contribution in [3.8, 4) is 11.1 Å². The molecule has 3 rings (SSSR count). The first-order chi connectivity index (χ1) is 29.2. The molecule has 0 unspecified atom stereocenters. The number of alkyl halides is 1. The smallest absolute Gasteiger partial charge is 0.326 e. The van der Waals surface area contributed by atoms with Gasteiger partial charge in [0.1, 0.15) is 24.3 Å². The Labute approximate surface area is 370 Å². The summed E-state index contributed by atoms with van der Waals surface area (Å²) in [6, 6.07) is 10.5. The number of halogens is 3. The Balaban J connectivity index is 1.66. The molecule has 5 atom stereocenters. The molecule has 17 heteroatoms. The summed E-state index contributed by atoms with van der Waals surface area (Å²) in [5, 5.41) is 27.8. The second kappa shape index (κ2) is 24.0. The van der Waals surface area contributed by atoms with Crippen molar-refractivity contribution in [2.24, 2.45) is 23.0 Å². The van der Waals surface area contributed by atoms with Crippen molar-refractivity contribution in [1.29, 1.82) is 0 Å². The van der Waals surface area contributed by atoms with Gasteiger partial charge in [-0.3, -0.25) is 24.0 Å². The molecule has 4 amide bonds. The van der Waals surface area contributed by atoms with Crippen LogP contribution in [0.25, 0.3) is 11.1 Å². The van der Waals surface area contributed by atoms with E-state index in [2.05, 4.69) is 31.9 Å². The highest BCUT2D eigenvalue weighted by atomic mass is 79.9. The van der Waals surface area contributed by atoms with Gasteiger partial charge in [0.05, 0.1) is 23.5 Å². The van der Waals surface area contributed by atoms with Crippen LogP contribution in [0, 0.1) is 28.9 Å². The molecule has 0 aliphatic carbocycles. The van der Waals surface area contributed by atoms with Crippen LogP contribution >= 0.6 is 15.9 Å². The van der Waals surface area contributed by atoms with E-state index in [9.17, 15) is 43.4 Å². The Hall–Kier alpha value is -5.00. The topological polar surface area (TPSA) is 213 Å². The maximum Gasteiger partial charge on any atom is 0.326 e. The molecular weight excluding hydrogens is 870 g/mol. The molecular formula is C45H61BrF2N6O8. The number of hydrogen-bond acceptors (Lipinski definition) is 8. The van der Waals surface area contributed by atoms with Gasteiger partial charge in [-0.2, -0.15) is 0 Å². The van der Waals surface area contributed by atoms with Crippen LogP contribution in [0.15, 0.2) is 60.8 Å². The van der Waals surface area contributed by atoms with Crippen molar-refractivity contribution in [2.75, 3.05) is 25.0 Å². The van der Waals surface area contributed by atoms with E-state index in [1.54, 1.807) is 26.1 Å². The predicted molar refractivity (Wildman–Crippen MR) is 235 cm³/mol. The van der Waals surface area contributed by atoms with E-state index in [4.69, 9.17) is 5.73 Å². The van der Waals surface area contributed by atoms with Crippen molar-refractivity contribution < 1.29 is 47.8 Å². The number of amides is 4. The van der Waals surface area contributed by atoms with Crippen molar-refractivity contribution in [3.63, 3.8) is 0 Å². The number of carbonyl (C=O) groups excluding carboxylic acids is 5. The van der Waals surface area contributed by atoms with E-state index in [-0.39, 0.29) is 60.9 Å². The molecule has 14 nitrogen and oxygen atoms in total. The fourth-order valence-electron chi connectivity index (χ4n) is 7.25. The molecule has 340 valence electrons. The Morgan fingerprint density at radius 1 is 0.919 bits per heavy atom. The number of aliphatic hydroxyl groups excluding tert-OH is 1. The van der Waals surface area contributed by atoms with Crippen LogP contribution in [0.4, 0.5) is 8.78 Å². The van der Waals surface area contributed by atoms with Gasteiger partial charge in [-0.25, -0.2) is 13.6 Å². The molecule has 0 fully saturated rings. The van der Waals surface area contributed by atoms with E-state index in [1.165, 1.54) is 11.8 Å². The SMILES string of the molecule is CC(C)[C@H](NC(=O)CBr)C(=O)C[C@@H](C)C(=O)N[C@@H](CCCCNC(=O)[C@@H](N)CCN(C(=O)CO)[C@@H](c1cc(-c2cc(F)ccc2F)cn1Cc1ccccc1)C(C)(C)C)C(=O)O. The number of nitrogens with one attached hydrogen (secondary N) is 3. The van der Waals surface area contributed by atoms with Crippen LogP contribution in [0.5, 0.6) is 0 Å². The monoisotopic (exact) mass is 930 g/mol. The first-order valence-corrected chi connectivity index (χ1v) is 21.8. The summed E-state index contributed by atoms with van der Waals surface area (Å²) in [6.07, 6.45) is 2.22. The second-order valence-corrected chi connectivity index (χ2v) is 17.5. The van der Waals surface area contributed by atoms with Crippen LogP contribution in [-0.4, -0.2) is 98.2 Å². The molecule has 0 bridgehead atoms. The van der Waals surface area contributed by atoms with Gasteiger partial charge in [-0.05, 0) is 66.8 Å². The van der Waals surface area contributed by atoms with E-state index >= 15 is 4.39 Å². The molecule has 0 saturated carbocycles. The first-order valence-electron chi connectivity index (χ1n) is 20.7. The standard InChI is InChI=1S/C45H61BrF2N6O8/c1-27(2)40(52-38(57)23-46)37(56)20-28(3)42(59)51-35(44(61)62)14-10-11-18-50-43(60)34(49)17-19-54(39(58)26-55)41(45(4,5)6)36-21-30(32-22-31(47)15-16-33(32)48)25-53(36)24-29-12-8-7-9-13-29/h7-9,12-13,15-16,21-22,25,27-28,34-35,40-41,55H,10-11,14,17-20,23-24,26,49H2,1-6H3,(H,50,60)(H,51,59)(H,52,57)(H,61,62)/t28-,34+,35+,40+,41+/m1/s1. The number of aromatic nitrogens is 1. The Morgan fingerprint density at radius 3 is 2.19 bits per heavy atom. The van der Waals surface area contributed by atoms with Gasteiger partial charge in [-0.15, -0.1) is 0 Å². The molecule has 2 aromatic carbocycles. The highest BCUT2D eigenvalue weighted by molar-refractivity contribution is 9.09. The van der Waals surface area contributed by atoms with Crippen LogP contribution in [0.1, 0.15) is 90.9 Å². The zero-order valence-corrected chi connectivity index (χ0v) is 37.8. The summed E-state index contributed by atoms with van der Waals surface area (Å²) in [5.74, 6) is -6.04. The lowest BCUT2D eigenvalue weighted by atomic mass is 9.82. The fraction of sp³-hybridized carbons (Fsp3) is 0.511. The maximum absolute atomic E-state index is 15.1. The van der Waals surface area contributed by atoms with E-state index in [0.29, 0.717) is 30.6 Å². The lowest BCUT2D eigenvalue weighted by molar-refractivity contribution is -0.143. The Kier molecular flexibility index (Phi) is 19.9. The third kappa shape index (κ3) is 15.1. The zero-order valence-electron chi connectivity index (χ0n) is 36.3. The minimum atomic E-state index is -1.26. The second-order valence-electron chi connectivity index (χ2n) is 17.0. The number of aliphatic carboxylic acids is 1. The number of carboxylic acids is 1. The van der Waals surface area contributed by atoms with Crippen LogP contribution in [0.2, 0.25) is 0 Å². The maximum atomic E-state index is 15.1.